The minimum Gasteiger partial charge on any atom is -0.456 e. The van der Waals surface area contributed by atoms with Gasteiger partial charge < -0.3 is 4.74 Å². The first-order chi connectivity index (χ1) is 20.7. The molecule has 0 aliphatic carbocycles. The van der Waals surface area contributed by atoms with Crippen LogP contribution in [0.25, 0.3) is 55.4 Å². The number of aromatic nitrogens is 3. The zero-order valence-electron chi connectivity index (χ0n) is 23.2. The second-order valence-electron chi connectivity index (χ2n) is 11.7. The summed E-state index contributed by atoms with van der Waals surface area (Å²) in [5, 5.41) is 2.38. The SMILES string of the molecule is Cc1cccc(C)c1B1c2ccccc2-n2c3c1cc1c4c(ccc(c43)n3c4ccccc4nc23)Oc2ccccc2-1. The van der Waals surface area contributed by atoms with Gasteiger partial charge in [0.2, 0.25) is 12.5 Å². The van der Waals surface area contributed by atoms with Gasteiger partial charge in [-0.05, 0) is 66.7 Å². The highest BCUT2D eigenvalue weighted by molar-refractivity contribution is 6.98. The van der Waals surface area contributed by atoms with E-state index in [1.54, 1.807) is 0 Å². The van der Waals surface area contributed by atoms with E-state index in [-0.39, 0.29) is 6.71 Å². The number of aryl methyl sites for hydroxylation is 2. The van der Waals surface area contributed by atoms with Crippen molar-refractivity contribution in [1.29, 1.82) is 0 Å². The molecule has 5 heteroatoms. The van der Waals surface area contributed by atoms with Crippen LogP contribution in [0.3, 0.4) is 0 Å². The molecule has 10 rings (SSSR count). The highest BCUT2D eigenvalue weighted by Crippen LogP contribution is 2.49. The van der Waals surface area contributed by atoms with Crippen LogP contribution in [0.4, 0.5) is 0 Å². The Hall–Kier alpha value is -5.29. The maximum absolute atomic E-state index is 6.59. The summed E-state index contributed by atoms with van der Waals surface area (Å²) in [6.45, 7) is 4.58. The Balaban J connectivity index is 1.52. The highest BCUT2D eigenvalue weighted by Gasteiger charge is 2.37. The lowest BCUT2D eigenvalue weighted by Gasteiger charge is -2.33. The molecule has 2 aliphatic heterocycles. The Labute approximate surface area is 242 Å². The number of nitrogens with zero attached hydrogens (tertiary/aromatic N) is 3. The van der Waals surface area contributed by atoms with Crippen LogP contribution in [0.2, 0.25) is 0 Å². The van der Waals surface area contributed by atoms with Crippen molar-refractivity contribution in [2.45, 2.75) is 13.8 Å². The van der Waals surface area contributed by atoms with E-state index in [1.165, 1.54) is 49.7 Å². The van der Waals surface area contributed by atoms with Crippen LogP contribution >= 0.6 is 0 Å². The molecule has 2 aromatic heterocycles. The third-order valence-electron chi connectivity index (χ3n) is 9.46. The lowest BCUT2D eigenvalue weighted by atomic mass is 9.34. The Morgan fingerprint density at radius 1 is 0.643 bits per heavy atom. The molecule has 0 radical (unpaired) electrons. The zero-order valence-corrected chi connectivity index (χ0v) is 23.2. The molecule has 0 fully saturated rings. The number of hydrogen-bond acceptors (Lipinski definition) is 2. The van der Waals surface area contributed by atoms with Gasteiger partial charge in [0, 0.05) is 22.0 Å². The minimum atomic E-state index is 0.0803. The Morgan fingerprint density at radius 2 is 1.43 bits per heavy atom. The first-order valence-electron chi connectivity index (χ1n) is 14.5. The molecule has 4 heterocycles. The Kier molecular flexibility index (Phi) is 4.11. The Morgan fingerprint density at radius 3 is 2.33 bits per heavy atom. The quantitative estimate of drug-likeness (QED) is 0.216. The first kappa shape index (κ1) is 22.4. The molecule has 0 amide bonds. The molecule has 4 nitrogen and oxygen atoms in total. The van der Waals surface area contributed by atoms with Gasteiger partial charge in [-0.15, -0.1) is 0 Å². The summed E-state index contributed by atoms with van der Waals surface area (Å²) < 4.78 is 11.3. The van der Waals surface area contributed by atoms with Gasteiger partial charge in [-0.25, -0.2) is 4.98 Å². The van der Waals surface area contributed by atoms with Crippen molar-refractivity contribution in [2.24, 2.45) is 0 Å². The van der Waals surface area contributed by atoms with E-state index in [2.05, 4.69) is 132 Å². The lowest BCUT2D eigenvalue weighted by molar-refractivity contribution is 0.487. The molecule has 6 aromatic carbocycles. The summed E-state index contributed by atoms with van der Waals surface area (Å²) in [4.78, 5) is 5.27. The summed E-state index contributed by atoms with van der Waals surface area (Å²) in [7, 11) is 0. The van der Waals surface area contributed by atoms with Gasteiger partial charge >= 0.3 is 0 Å². The van der Waals surface area contributed by atoms with Crippen LogP contribution in [0.15, 0.2) is 109 Å². The number of hydrogen-bond donors (Lipinski definition) is 0. The highest BCUT2D eigenvalue weighted by atomic mass is 16.5. The molecule has 42 heavy (non-hydrogen) atoms. The standard InChI is InChI=1S/C37H24BN3O/c1-21-10-9-11-22(2)35(21)38-25-13-4-6-15-28(25)41-36-26(38)20-24-23-12-3-8-17-31(23)42-32-19-18-30(34(36)33(24)32)40-29-16-7-5-14-27(29)39-37(40)41/h3-20H,1-2H3. The summed E-state index contributed by atoms with van der Waals surface area (Å²) >= 11 is 0. The molecular weight excluding hydrogens is 513 g/mol. The summed E-state index contributed by atoms with van der Waals surface area (Å²) in [6.07, 6.45) is 0. The molecule has 0 unspecified atom stereocenters. The van der Waals surface area contributed by atoms with Crippen LogP contribution in [0.1, 0.15) is 11.1 Å². The van der Waals surface area contributed by atoms with Gasteiger partial charge in [-0.3, -0.25) is 8.97 Å². The second-order valence-corrected chi connectivity index (χ2v) is 11.7. The van der Waals surface area contributed by atoms with E-state index in [9.17, 15) is 0 Å². The van der Waals surface area contributed by atoms with E-state index < -0.39 is 0 Å². The fourth-order valence-corrected chi connectivity index (χ4v) is 7.79. The molecule has 0 N–H and O–H groups in total. The molecule has 0 saturated heterocycles. The largest absolute Gasteiger partial charge is 0.456 e. The molecule has 0 bridgehead atoms. The van der Waals surface area contributed by atoms with Crippen molar-refractivity contribution in [2.75, 3.05) is 0 Å². The van der Waals surface area contributed by atoms with Crippen molar-refractivity contribution < 1.29 is 4.74 Å². The van der Waals surface area contributed by atoms with Gasteiger partial charge in [-0.2, -0.15) is 0 Å². The fraction of sp³-hybridized carbons (Fsp3) is 0.0541. The van der Waals surface area contributed by atoms with Gasteiger partial charge in [0.05, 0.1) is 22.1 Å². The summed E-state index contributed by atoms with van der Waals surface area (Å²) in [5.41, 5.74) is 14.6. The number of benzene rings is 6. The predicted molar refractivity (Wildman–Crippen MR) is 173 cm³/mol. The maximum Gasteiger partial charge on any atom is 0.247 e. The number of fused-ring (bicyclic) bond motifs is 9. The predicted octanol–water partition coefficient (Wildman–Crippen LogP) is 6.80. The molecular formula is C37H24BN3O. The summed E-state index contributed by atoms with van der Waals surface area (Å²) in [6, 6.07) is 39.3. The third kappa shape index (κ3) is 2.62. The van der Waals surface area contributed by atoms with Crippen LogP contribution in [-0.4, -0.2) is 20.7 Å². The fourth-order valence-electron chi connectivity index (χ4n) is 7.79. The topological polar surface area (TPSA) is 31.5 Å². The second kappa shape index (κ2) is 7.71. The molecule has 196 valence electrons. The minimum absolute atomic E-state index is 0.0803. The van der Waals surface area contributed by atoms with Crippen molar-refractivity contribution >= 4 is 61.7 Å². The van der Waals surface area contributed by atoms with E-state index in [1.807, 2.05) is 0 Å². The van der Waals surface area contributed by atoms with Gasteiger partial charge in [-0.1, -0.05) is 89.4 Å². The summed E-state index contributed by atoms with van der Waals surface area (Å²) in [5.74, 6) is 2.74. The van der Waals surface area contributed by atoms with Gasteiger partial charge in [0.25, 0.3) is 0 Å². The number of imidazole rings is 1. The van der Waals surface area contributed by atoms with Crippen molar-refractivity contribution in [1.82, 2.24) is 14.0 Å². The number of ether oxygens (including phenoxy) is 1. The van der Waals surface area contributed by atoms with Crippen molar-refractivity contribution in [3.63, 3.8) is 0 Å². The normalized spacial score (nSPS) is 13.1. The average molecular weight is 537 g/mol. The lowest BCUT2D eigenvalue weighted by Crippen LogP contribution is -2.58. The Bertz CT molecular complexity index is 2460. The smallest absolute Gasteiger partial charge is 0.247 e. The van der Waals surface area contributed by atoms with Gasteiger partial charge in [0.1, 0.15) is 11.5 Å². The molecule has 8 aromatic rings. The molecule has 2 aliphatic rings. The molecule has 0 saturated carbocycles. The van der Waals surface area contributed by atoms with E-state index in [4.69, 9.17) is 9.72 Å². The number of para-hydroxylation sites is 4. The van der Waals surface area contributed by atoms with E-state index in [0.717, 1.165) is 44.8 Å². The van der Waals surface area contributed by atoms with E-state index in [0.29, 0.717) is 0 Å². The monoisotopic (exact) mass is 537 g/mol. The van der Waals surface area contributed by atoms with Crippen LogP contribution in [0, 0.1) is 13.8 Å². The first-order valence-corrected chi connectivity index (χ1v) is 14.5. The maximum atomic E-state index is 6.59. The zero-order chi connectivity index (χ0) is 27.7. The third-order valence-corrected chi connectivity index (χ3v) is 9.46. The number of rotatable bonds is 1. The molecule has 0 atom stereocenters. The van der Waals surface area contributed by atoms with E-state index >= 15 is 0 Å². The van der Waals surface area contributed by atoms with Gasteiger partial charge in [0.15, 0.2) is 0 Å². The average Bonchev–Trinajstić information content (AvgIpc) is 3.41. The molecule has 0 spiro atoms. The van der Waals surface area contributed by atoms with Crippen molar-refractivity contribution in [3.05, 3.63) is 120 Å². The van der Waals surface area contributed by atoms with Crippen LogP contribution in [0.5, 0.6) is 11.5 Å². The van der Waals surface area contributed by atoms with Crippen molar-refractivity contribution in [3.8, 4) is 28.3 Å². The van der Waals surface area contributed by atoms with Crippen LogP contribution in [-0.2, 0) is 0 Å². The van der Waals surface area contributed by atoms with Crippen LogP contribution < -0.4 is 21.1 Å².